The summed E-state index contributed by atoms with van der Waals surface area (Å²) in [5.74, 6) is -0.136. The van der Waals surface area contributed by atoms with Crippen molar-refractivity contribution in [2.45, 2.75) is 44.4 Å². The first-order chi connectivity index (χ1) is 13.1. The maximum Gasteiger partial charge on any atom is 0.331 e. The number of hydrogen-bond acceptors (Lipinski definition) is 4. The molecule has 2 bridgehead atoms. The van der Waals surface area contributed by atoms with Crippen molar-refractivity contribution in [2.24, 2.45) is 0 Å². The lowest BCUT2D eigenvalue weighted by Gasteiger charge is -2.28. The number of benzene rings is 1. The van der Waals surface area contributed by atoms with Gasteiger partial charge >= 0.3 is 5.69 Å². The van der Waals surface area contributed by atoms with Gasteiger partial charge < -0.3 is 10.2 Å². The van der Waals surface area contributed by atoms with Gasteiger partial charge in [0.05, 0.1) is 6.54 Å². The van der Waals surface area contributed by atoms with Crippen LogP contribution in [0.5, 0.6) is 0 Å². The first-order valence-corrected chi connectivity index (χ1v) is 9.49. The Kier molecular flexibility index (Phi) is 4.94. The molecule has 7 heteroatoms. The number of aromatic nitrogens is 2. The van der Waals surface area contributed by atoms with Gasteiger partial charge in [-0.2, -0.15) is 0 Å². The van der Waals surface area contributed by atoms with Gasteiger partial charge in [-0.3, -0.25) is 18.7 Å². The molecule has 4 rings (SSSR count). The Morgan fingerprint density at radius 3 is 2.63 bits per heavy atom. The van der Waals surface area contributed by atoms with Crippen molar-refractivity contribution in [1.82, 2.24) is 19.4 Å². The fourth-order valence-electron chi connectivity index (χ4n) is 4.21. The highest BCUT2D eigenvalue weighted by Gasteiger charge is 2.38. The molecule has 2 unspecified atom stereocenters. The average molecular weight is 368 g/mol. The molecule has 27 heavy (non-hydrogen) atoms. The summed E-state index contributed by atoms with van der Waals surface area (Å²) in [4.78, 5) is 39.9. The molecule has 3 heterocycles. The van der Waals surface area contributed by atoms with Crippen molar-refractivity contribution in [1.29, 1.82) is 0 Å². The van der Waals surface area contributed by atoms with Crippen LogP contribution in [0.25, 0.3) is 0 Å². The molecule has 1 aromatic carbocycles. The predicted molar refractivity (Wildman–Crippen MR) is 102 cm³/mol. The third kappa shape index (κ3) is 3.60. The first-order valence-electron chi connectivity index (χ1n) is 9.49. The number of amides is 1. The fraction of sp³-hybridized carbons (Fsp3) is 0.450. The molecule has 2 saturated heterocycles. The highest BCUT2D eigenvalue weighted by Crippen LogP contribution is 2.27. The van der Waals surface area contributed by atoms with Gasteiger partial charge in [-0.05, 0) is 31.4 Å². The topological polar surface area (TPSA) is 76.3 Å². The van der Waals surface area contributed by atoms with Crippen LogP contribution in [0.2, 0.25) is 0 Å². The van der Waals surface area contributed by atoms with Gasteiger partial charge in [0.2, 0.25) is 5.91 Å². The Morgan fingerprint density at radius 2 is 1.81 bits per heavy atom. The molecule has 2 aromatic rings. The maximum atomic E-state index is 12.9. The van der Waals surface area contributed by atoms with E-state index in [1.54, 1.807) is 0 Å². The van der Waals surface area contributed by atoms with Crippen molar-refractivity contribution < 1.29 is 4.79 Å². The summed E-state index contributed by atoms with van der Waals surface area (Å²) in [7, 11) is 0. The lowest BCUT2D eigenvalue weighted by atomic mass is 10.1. The minimum absolute atomic E-state index is 0.136. The van der Waals surface area contributed by atoms with Gasteiger partial charge in [-0.25, -0.2) is 4.79 Å². The second kappa shape index (κ2) is 7.52. The van der Waals surface area contributed by atoms with Crippen molar-refractivity contribution in [2.75, 3.05) is 13.1 Å². The number of nitrogens with one attached hydrogen (secondary N) is 1. The van der Waals surface area contributed by atoms with Crippen molar-refractivity contribution in [3.63, 3.8) is 0 Å². The molecule has 1 amide bonds. The van der Waals surface area contributed by atoms with Gasteiger partial charge in [0, 0.05) is 30.9 Å². The van der Waals surface area contributed by atoms with Gasteiger partial charge in [0.1, 0.15) is 6.54 Å². The minimum Gasteiger partial charge on any atom is -0.334 e. The average Bonchev–Trinajstić information content (AvgIpc) is 2.94. The van der Waals surface area contributed by atoms with E-state index in [9.17, 15) is 14.4 Å². The summed E-state index contributed by atoms with van der Waals surface area (Å²) in [6.07, 6.45) is 4.40. The molecule has 142 valence electrons. The number of carbonyl (C=O) groups excluding carboxylic acids is 1. The molecular weight excluding hydrogens is 344 g/mol. The van der Waals surface area contributed by atoms with Crippen LogP contribution in [0.3, 0.4) is 0 Å². The van der Waals surface area contributed by atoms with Crippen molar-refractivity contribution >= 4 is 5.91 Å². The summed E-state index contributed by atoms with van der Waals surface area (Å²) >= 11 is 0. The van der Waals surface area contributed by atoms with Gasteiger partial charge in [0.25, 0.3) is 5.56 Å². The van der Waals surface area contributed by atoms with Crippen LogP contribution < -0.4 is 16.6 Å². The summed E-state index contributed by atoms with van der Waals surface area (Å²) in [6, 6.07) is 11.3. The van der Waals surface area contributed by atoms with E-state index in [0.29, 0.717) is 6.54 Å². The van der Waals surface area contributed by atoms with Crippen LogP contribution in [0, 0.1) is 0 Å². The Balaban J connectivity index is 1.58. The Labute approximate surface area is 157 Å². The highest BCUT2D eigenvalue weighted by molar-refractivity contribution is 5.77. The van der Waals surface area contributed by atoms with E-state index in [2.05, 4.69) is 5.32 Å². The van der Waals surface area contributed by atoms with Crippen LogP contribution in [-0.2, 0) is 17.9 Å². The maximum absolute atomic E-state index is 12.9. The zero-order valence-corrected chi connectivity index (χ0v) is 15.2. The number of carbonyl (C=O) groups is 1. The molecule has 2 atom stereocenters. The third-order valence-electron chi connectivity index (χ3n) is 5.57. The Morgan fingerprint density at radius 1 is 1.04 bits per heavy atom. The molecule has 0 radical (unpaired) electrons. The van der Waals surface area contributed by atoms with Crippen LogP contribution >= 0.6 is 0 Å². The van der Waals surface area contributed by atoms with Crippen molar-refractivity contribution in [3.8, 4) is 0 Å². The standard InChI is InChI=1S/C20H24N4O3/c25-18-9-11-22(13-15-4-2-1-3-5-15)20(27)23(18)14-19(26)24-16-6-7-17(24)12-21-10-8-16/h1-5,9,11,16-17,21H,6-8,10,12-14H2. The molecule has 1 aromatic heterocycles. The second-order valence-corrected chi connectivity index (χ2v) is 7.31. The zero-order valence-electron chi connectivity index (χ0n) is 15.2. The van der Waals surface area contributed by atoms with Crippen LogP contribution in [0.15, 0.2) is 52.2 Å². The number of fused-ring (bicyclic) bond motifs is 2. The van der Waals surface area contributed by atoms with Gasteiger partial charge in [0.15, 0.2) is 0 Å². The van der Waals surface area contributed by atoms with E-state index in [1.807, 2.05) is 35.2 Å². The molecule has 2 fully saturated rings. The quantitative estimate of drug-likeness (QED) is 0.848. The zero-order chi connectivity index (χ0) is 18.8. The fourth-order valence-corrected chi connectivity index (χ4v) is 4.21. The van der Waals surface area contributed by atoms with E-state index in [0.717, 1.165) is 42.5 Å². The minimum atomic E-state index is -0.444. The highest BCUT2D eigenvalue weighted by atomic mass is 16.2. The van der Waals surface area contributed by atoms with E-state index < -0.39 is 11.2 Å². The van der Waals surface area contributed by atoms with Crippen molar-refractivity contribution in [3.05, 3.63) is 69.0 Å². The molecule has 0 spiro atoms. The molecule has 0 saturated carbocycles. The van der Waals surface area contributed by atoms with Crippen LogP contribution in [0.4, 0.5) is 0 Å². The largest absolute Gasteiger partial charge is 0.334 e. The number of nitrogens with zero attached hydrogens (tertiary/aromatic N) is 3. The van der Waals surface area contributed by atoms with E-state index >= 15 is 0 Å². The molecule has 0 aliphatic carbocycles. The SMILES string of the molecule is O=C(Cn1c(=O)ccn(Cc2ccccc2)c1=O)N1C2CCNCC1CC2. The van der Waals surface area contributed by atoms with Crippen LogP contribution in [0.1, 0.15) is 24.8 Å². The lowest BCUT2D eigenvalue weighted by Crippen LogP contribution is -2.48. The summed E-state index contributed by atoms with van der Waals surface area (Å²) in [5, 5.41) is 3.36. The van der Waals surface area contributed by atoms with E-state index in [4.69, 9.17) is 0 Å². The molecular formula is C20H24N4O3. The normalized spacial score (nSPS) is 21.9. The summed E-state index contributed by atoms with van der Waals surface area (Å²) in [6.45, 7) is 1.86. The smallest absolute Gasteiger partial charge is 0.331 e. The monoisotopic (exact) mass is 368 g/mol. The lowest BCUT2D eigenvalue weighted by molar-refractivity contribution is -0.134. The molecule has 1 N–H and O–H groups in total. The Hall–Kier alpha value is -2.67. The van der Waals surface area contributed by atoms with Crippen LogP contribution in [-0.4, -0.2) is 45.1 Å². The van der Waals surface area contributed by atoms with E-state index in [1.165, 1.54) is 16.8 Å². The number of hydrogen-bond donors (Lipinski definition) is 1. The molecule has 7 nitrogen and oxygen atoms in total. The molecule has 2 aliphatic heterocycles. The third-order valence-corrected chi connectivity index (χ3v) is 5.57. The number of rotatable bonds is 4. The molecule has 2 aliphatic rings. The van der Waals surface area contributed by atoms with E-state index in [-0.39, 0.29) is 24.5 Å². The second-order valence-electron chi connectivity index (χ2n) is 7.31. The summed E-state index contributed by atoms with van der Waals surface area (Å²) in [5.41, 5.74) is 0.0886. The Bertz CT molecular complexity index is 920. The predicted octanol–water partition coefficient (Wildman–Crippen LogP) is 0.411. The summed E-state index contributed by atoms with van der Waals surface area (Å²) < 4.78 is 2.53. The van der Waals surface area contributed by atoms with Gasteiger partial charge in [-0.15, -0.1) is 0 Å². The first kappa shape index (κ1) is 17.7. The van der Waals surface area contributed by atoms with Gasteiger partial charge in [-0.1, -0.05) is 30.3 Å².